The Bertz CT molecular complexity index is 436. The van der Waals surface area contributed by atoms with E-state index < -0.39 is 12.1 Å². The van der Waals surface area contributed by atoms with Gasteiger partial charge in [0.15, 0.2) is 0 Å². The highest BCUT2D eigenvalue weighted by Gasteiger charge is 2.23. The Kier molecular flexibility index (Phi) is 3.42. The van der Waals surface area contributed by atoms with Crippen LogP contribution in [0.1, 0.15) is 25.0 Å². The number of ether oxygens (including phenoxy) is 2. The molecule has 0 aromatic heterocycles. The number of benzene rings is 1. The minimum Gasteiger partial charge on any atom is -0.498 e. The summed E-state index contributed by atoms with van der Waals surface area (Å²) in [7, 11) is 0. The Morgan fingerprint density at radius 2 is 2.12 bits per heavy atom. The zero-order valence-electron chi connectivity index (χ0n) is 9.48. The van der Waals surface area contributed by atoms with Gasteiger partial charge in [0.25, 0.3) is 0 Å². The topological polar surface area (TPSA) is 35.5 Å². The van der Waals surface area contributed by atoms with Crippen LogP contribution in [0.3, 0.4) is 0 Å². The summed E-state index contributed by atoms with van der Waals surface area (Å²) >= 11 is 0. The van der Waals surface area contributed by atoms with Gasteiger partial charge in [0.2, 0.25) is 0 Å². The van der Waals surface area contributed by atoms with E-state index in [1.54, 1.807) is 12.1 Å². The van der Waals surface area contributed by atoms with Crippen molar-refractivity contribution in [1.82, 2.24) is 0 Å². The van der Waals surface area contributed by atoms with Crippen LogP contribution in [0.25, 0.3) is 0 Å². The summed E-state index contributed by atoms with van der Waals surface area (Å²) in [6, 6.07) is 5.92. The number of carbonyl (C=O) groups excluding carboxylic acids is 1. The van der Waals surface area contributed by atoms with Gasteiger partial charge in [-0.05, 0) is 24.6 Å². The minimum atomic E-state index is -0.422. The van der Waals surface area contributed by atoms with Gasteiger partial charge in [-0.1, -0.05) is 12.1 Å². The minimum absolute atomic E-state index is 0.309. The Labute approximate surface area is 98.8 Å². The van der Waals surface area contributed by atoms with Gasteiger partial charge in [0, 0.05) is 6.42 Å². The van der Waals surface area contributed by atoms with Gasteiger partial charge in [-0.25, -0.2) is 9.18 Å². The van der Waals surface area contributed by atoms with E-state index >= 15 is 0 Å². The predicted octanol–water partition coefficient (Wildman–Crippen LogP) is 2.73. The first-order chi connectivity index (χ1) is 8.19. The number of hydrogen-bond donors (Lipinski definition) is 0. The van der Waals surface area contributed by atoms with E-state index in [9.17, 15) is 9.18 Å². The molecule has 1 heterocycles. The summed E-state index contributed by atoms with van der Waals surface area (Å²) in [5.74, 6) is -0.122. The SMILES string of the molecule is CCOC1=CC(=O)OC(c2ccc(F)cc2)C1. The lowest BCUT2D eigenvalue weighted by Gasteiger charge is -2.23. The molecular formula is C13H13FO3. The quantitative estimate of drug-likeness (QED) is 0.757. The Morgan fingerprint density at radius 3 is 2.76 bits per heavy atom. The van der Waals surface area contributed by atoms with E-state index in [4.69, 9.17) is 9.47 Å². The first kappa shape index (κ1) is 11.6. The molecule has 1 aromatic carbocycles. The van der Waals surface area contributed by atoms with Crippen LogP contribution in [-0.2, 0) is 14.3 Å². The number of esters is 1. The van der Waals surface area contributed by atoms with Crippen LogP contribution in [0, 0.1) is 5.82 Å². The first-order valence-corrected chi connectivity index (χ1v) is 5.48. The van der Waals surface area contributed by atoms with Crippen molar-refractivity contribution in [2.75, 3.05) is 6.61 Å². The van der Waals surface area contributed by atoms with Gasteiger partial charge in [-0.2, -0.15) is 0 Å². The van der Waals surface area contributed by atoms with Crippen LogP contribution in [0.2, 0.25) is 0 Å². The molecule has 1 aliphatic rings. The molecule has 0 N–H and O–H groups in total. The lowest BCUT2D eigenvalue weighted by Crippen LogP contribution is -2.17. The average molecular weight is 236 g/mol. The van der Waals surface area contributed by atoms with Gasteiger partial charge >= 0.3 is 5.97 Å². The van der Waals surface area contributed by atoms with Gasteiger partial charge in [0.1, 0.15) is 17.7 Å². The fourth-order valence-corrected chi connectivity index (χ4v) is 1.74. The molecule has 17 heavy (non-hydrogen) atoms. The normalized spacial score (nSPS) is 19.5. The molecule has 0 saturated heterocycles. The van der Waals surface area contributed by atoms with Crippen molar-refractivity contribution in [3.05, 3.63) is 47.5 Å². The van der Waals surface area contributed by atoms with Crippen molar-refractivity contribution in [2.45, 2.75) is 19.4 Å². The standard InChI is InChI=1S/C13H13FO3/c1-2-16-11-7-12(17-13(15)8-11)9-3-5-10(14)6-4-9/h3-6,8,12H,2,7H2,1H3. The van der Waals surface area contributed by atoms with Crippen molar-refractivity contribution in [1.29, 1.82) is 0 Å². The van der Waals surface area contributed by atoms with E-state index in [-0.39, 0.29) is 5.82 Å². The molecule has 0 saturated carbocycles. The molecule has 90 valence electrons. The summed E-state index contributed by atoms with van der Waals surface area (Å²) in [5, 5.41) is 0. The lowest BCUT2D eigenvalue weighted by molar-refractivity contribution is -0.145. The van der Waals surface area contributed by atoms with Crippen molar-refractivity contribution < 1.29 is 18.7 Å². The van der Waals surface area contributed by atoms with Gasteiger partial charge in [-0.15, -0.1) is 0 Å². The molecule has 3 nitrogen and oxygen atoms in total. The van der Waals surface area contributed by atoms with Gasteiger partial charge < -0.3 is 9.47 Å². The third kappa shape index (κ3) is 2.84. The maximum atomic E-state index is 12.8. The Morgan fingerprint density at radius 1 is 1.41 bits per heavy atom. The number of carbonyl (C=O) groups is 1. The Balaban J connectivity index is 2.15. The fraction of sp³-hybridized carbons (Fsp3) is 0.308. The lowest BCUT2D eigenvalue weighted by atomic mass is 10.0. The molecule has 1 aliphatic heterocycles. The highest BCUT2D eigenvalue weighted by molar-refractivity contribution is 5.83. The number of rotatable bonds is 3. The molecule has 0 radical (unpaired) electrons. The highest BCUT2D eigenvalue weighted by Crippen LogP contribution is 2.29. The third-order valence-corrected chi connectivity index (χ3v) is 2.50. The van der Waals surface area contributed by atoms with Crippen LogP contribution < -0.4 is 0 Å². The van der Waals surface area contributed by atoms with E-state index in [2.05, 4.69) is 0 Å². The number of halogens is 1. The summed E-state index contributed by atoms with van der Waals surface area (Å²) in [6.45, 7) is 2.36. The van der Waals surface area contributed by atoms with Gasteiger partial charge in [-0.3, -0.25) is 0 Å². The molecule has 0 fully saturated rings. The monoisotopic (exact) mass is 236 g/mol. The summed E-state index contributed by atoms with van der Waals surface area (Å²) in [5.41, 5.74) is 0.769. The van der Waals surface area contributed by atoms with E-state index in [1.807, 2.05) is 6.92 Å². The van der Waals surface area contributed by atoms with E-state index in [0.29, 0.717) is 18.8 Å². The maximum absolute atomic E-state index is 12.8. The van der Waals surface area contributed by atoms with Crippen molar-refractivity contribution >= 4 is 5.97 Å². The van der Waals surface area contributed by atoms with Crippen molar-refractivity contribution in [3.63, 3.8) is 0 Å². The predicted molar refractivity (Wildman–Crippen MR) is 59.6 cm³/mol. The van der Waals surface area contributed by atoms with E-state index in [0.717, 1.165) is 5.56 Å². The van der Waals surface area contributed by atoms with Crippen LogP contribution in [0.15, 0.2) is 36.1 Å². The second-order valence-corrected chi connectivity index (χ2v) is 3.72. The zero-order valence-corrected chi connectivity index (χ0v) is 9.48. The molecule has 0 spiro atoms. The van der Waals surface area contributed by atoms with Crippen molar-refractivity contribution in [3.8, 4) is 0 Å². The molecular weight excluding hydrogens is 223 g/mol. The molecule has 0 aliphatic carbocycles. The molecule has 2 rings (SSSR count). The molecule has 4 heteroatoms. The van der Waals surface area contributed by atoms with Crippen LogP contribution >= 0.6 is 0 Å². The van der Waals surface area contributed by atoms with Crippen molar-refractivity contribution in [2.24, 2.45) is 0 Å². The summed E-state index contributed by atoms with van der Waals surface area (Å²) < 4.78 is 23.3. The first-order valence-electron chi connectivity index (χ1n) is 5.48. The van der Waals surface area contributed by atoms with Crippen LogP contribution in [-0.4, -0.2) is 12.6 Å². The fourth-order valence-electron chi connectivity index (χ4n) is 1.74. The smallest absolute Gasteiger partial charge is 0.334 e. The van der Waals surface area contributed by atoms with E-state index in [1.165, 1.54) is 18.2 Å². The molecule has 0 amide bonds. The van der Waals surface area contributed by atoms with Crippen LogP contribution in [0.4, 0.5) is 4.39 Å². The number of cyclic esters (lactones) is 1. The summed E-state index contributed by atoms with van der Waals surface area (Å²) in [4.78, 5) is 11.3. The molecule has 1 atom stereocenters. The average Bonchev–Trinajstić information content (AvgIpc) is 2.29. The second kappa shape index (κ2) is 4.99. The molecule has 0 bridgehead atoms. The maximum Gasteiger partial charge on any atom is 0.334 e. The molecule has 1 unspecified atom stereocenters. The molecule has 1 aromatic rings. The number of hydrogen-bond acceptors (Lipinski definition) is 3. The van der Waals surface area contributed by atoms with Crippen LogP contribution in [0.5, 0.6) is 0 Å². The largest absolute Gasteiger partial charge is 0.498 e. The zero-order chi connectivity index (χ0) is 12.3. The summed E-state index contributed by atoms with van der Waals surface area (Å²) in [6.07, 6.45) is 1.45. The highest BCUT2D eigenvalue weighted by atomic mass is 19.1. The third-order valence-electron chi connectivity index (χ3n) is 2.50. The Hall–Kier alpha value is -1.84. The second-order valence-electron chi connectivity index (χ2n) is 3.72. The van der Waals surface area contributed by atoms with Gasteiger partial charge in [0.05, 0.1) is 12.7 Å².